The van der Waals surface area contributed by atoms with Gasteiger partial charge in [-0.25, -0.2) is 4.98 Å². The van der Waals surface area contributed by atoms with E-state index >= 15 is 0 Å². The van der Waals surface area contributed by atoms with Crippen molar-refractivity contribution >= 4 is 46.5 Å². The summed E-state index contributed by atoms with van der Waals surface area (Å²) in [6.45, 7) is 5.43. The molecule has 3 aromatic rings. The second-order valence-electron chi connectivity index (χ2n) is 8.88. The number of hydrogen-bond acceptors (Lipinski definition) is 6. The predicted octanol–water partition coefficient (Wildman–Crippen LogP) is 3.05. The Hall–Kier alpha value is -3.79. The summed E-state index contributed by atoms with van der Waals surface area (Å²) in [5.74, 6) is 0.121. The number of carbonyl (C=O) groups is 3. The largest absolute Gasteiger partial charge is 0.473 e. The Morgan fingerprint density at radius 2 is 2.06 bits per heavy atom. The number of fused-ring (bicyclic) bond motifs is 1. The van der Waals surface area contributed by atoms with E-state index in [4.69, 9.17) is 4.74 Å². The first-order chi connectivity index (χ1) is 17.2. The van der Waals surface area contributed by atoms with Crippen LogP contribution >= 0.6 is 11.8 Å². The van der Waals surface area contributed by atoms with Crippen molar-refractivity contribution in [1.82, 2.24) is 25.5 Å². The number of nitrogens with one attached hydrogen (secondary N) is 3. The number of aromatic nitrogens is 2. The number of ether oxygens (including phenoxy) is 1. The number of hydrogen-bond donors (Lipinski definition) is 3. The summed E-state index contributed by atoms with van der Waals surface area (Å²) in [5.41, 5.74) is 2.78. The topological polar surface area (TPSA) is 116 Å². The molecule has 1 aliphatic rings. The maximum atomic E-state index is 12.9. The second kappa shape index (κ2) is 10.9. The Bertz CT molecular complexity index is 1290. The molecular weight excluding hydrogens is 478 g/mol. The van der Waals surface area contributed by atoms with Crippen LogP contribution in [-0.2, 0) is 21.0 Å². The highest BCUT2D eigenvalue weighted by Crippen LogP contribution is 2.38. The van der Waals surface area contributed by atoms with E-state index in [9.17, 15) is 14.4 Å². The molecule has 1 saturated heterocycles. The molecule has 3 N–H and O–H groups in total. The highest BCUT2D eigenvalue weighted by Gasteiger charge is 2.46. The molecule has 1 aromatic carbocycles. The predicted molar refractivity (Wildman–Crippen MR) is 140 cm³/mol. The number of thioether (sulfide) groups is 1. The monoisotopic (exact) mass is 507 g/mol. The molecule has 1 unspecified atom stereocenters. The van der Waals surface area contributed by atoms with E-state index in [0.717, 1.165) is 22.0 Å². The molecule has 188 valence electrons. The van der Waals surface area contributed by atoms with Crippen LogP contribution in [-0.4, -0.2) is 55.8 Å². The number of nitrogens with zero attached hydrogens (tertiary/aromatic N) is 2. The third-order valence-corrected chi connectivity index (χ3v) is 7.22. The lowest BCUT2D eigenvalue weighted by molar-refractivity contribution is -0.141. The molecule has 1 fully saturated rings. The fourth-order valence-corrected chi connectivity index (χ4v) is 5.27. The fourth-order valence-electron chi connectivity index (χ4n) is 4.03. The third-order valence-electron chi connectivity index (χ3n) is 5.84. The van der Waals surface area contributed by atoms with Gasteiger partial charge in [-0.05, 0) is 25.5 Å². The van der Waals surface area contributed by atoms with Gasteiger partial charge in [-0.2, -0.15) is 0 Å². The molecule has 9 nitrogen and oxygen atoms in total. The van der Waals surface area contributed by atoms with Crippen molar-refractivity contribution in [2.75, 3.05) is 12.3 Å². The van der Waals surface area contributed by atoms with Crippen LogP contribution in [0, 0.1) is 0 Å². The minimum atomic E-state index is -0.634. The molecule has 0 aliphatic carbocycles. The van der Waals surface area contributed by atoms with Crippen LogP contribution in [0.5, 0.6) is 5.88 Å². The number of amides is 3. The molecule has 1 atom stereocenters. The van der Waals surface area contributed by atoms with Gasteiger partial charge in [-0.3, -0.25) is 14.4 Å². The molecular formula is C26H29N5O4S. The van der Waals surface area contributed by atoms with Gasteiger partial charge >= 0.3 is 0 Å². The first-order valence-electron chi connectivity index (χ1n) is 11.6. The summed E-state index contributed by atoms with van der Waals surface area (Å²) in [4.78, 5) is 45.4. The normalized spacial score (nSPS) is 16.9. The number of aromatic amines is 1. The average Bonchev–Trinajstić information content (AvgIpc) is 3.41. The number of rotatable bonds is 8. The molecule has 2 aromatic heterocycles. The van der Waals surface area contributed by atoms with Gasteiger partial charge in [0.2, 0.25) is 23.6 Å². The maximum absolute atomic E-state index is 12.9. The van der Waals surface area contributed by atoms with Crippen LogP contribution in [0.1, 0.15) is 31.9 Å². The Morgan fingerprint density at radius 1 is 1.28 bits per heavy atom. The van der Waals surface area contributed by atoms with Crippen LogP contribution in [0.15, 0.2) is 55.0 Å². The summed E-state index contributed by atoms with van der Waals surface area (Å²) < 4.78 is 5.79. The first kappa shape index (κ1) is 25.3. The van der Waals surface area contributed by atoms with Crippen LogP contribution < -0.4 is 15.4 Å². The van der Waals surface area contributed by atoms with Crippen molar-refractivity contribution in [2.45, 2.75) is 38.3 Å². The zero-order valence-corrected chi connectivity index (χ0v) is 21.2. The van der Waals surface area contributed by atoms with E-state index in [1.54, 1.807) is 23.4 Å². The Kier molecular flexibility index (Phi) is 7.64. The molecule has 0 radical (unpaired) electrons. The molecule has 0 bridgehead atoms. The molecule has 10 heteroatoms. The van der Waals surface area contributed by atoms with Gasteiger partial charge in [0.25, 0.3) is 0 Å². The Morgan fingerprint density at radius 3 is 2.81 bits per heavy atom. The number of benzene rings is 1. The van der Waals surface area contributed by atoms with Gasteiger partial charge in [0.15, 0.2) is 0 Å². The van der Waals surface area contributed by atoms with E-state index in [0.29, 0.717) is 18.2 Å². The van der Waals surface area contributed by atoms with Crippen molar-refractivity contribution in [1.29, 1.82) is 0 Å². The van der Waals surface area contributed by atoms with Gasteiger partial charge < -0.3 is 25.3 Å². The van der Waals surface area contributed by atoms with E-state index in [2.05, 4.69) is 20.6 Å². The van der Waals surface area contributed by atoms with E-state index in [1.165, 1.54) is 18.7 Å². The summed E-state index contributed by atoms with van der Waals surface area (Å²) >= 11 is 1.53. The van der Waals surface area contributed by atoms with E-state index in [1.807, 2.05) is 56.4 Å². The van der Waals surface area contributed by atoms with Gasteiger partial charge in [0, 0.05) is 48.3 Å². The van der Waals surface area contributed by atoms with E-state index < -0.39 is 10.9 Å². The van der Waals surface area contributed by atoms with Crippen LogP contribution in [0.3, 0.4) is 0 Å². The molecule has 3 heterocycles. The highest BCUT2D eigenvalue weighted by molar-refractivity contribution is 8.00. The SMILES string of the molecule is CC(=O)NCC(=O)N1C(C(=O)N/C=C/c2c[nH]c3cc(OCc4ccccc4)ncc23)CSC1(C)C. The molecule has 3 amide bonds. The lowest BCUT2D eigenvalue weighted by Crippen LogP contribution is -2.54. The van der Waals surface area contributed by atoms with Crippen molar-refractivity contribution in [3.63, 3.8) is 0 Å². The zero-order chi connectivity index (χ0) is 25.7. The van der Waals surface area contributed by atoms with Gasteiger partial charge in [0.05, 0.1) is 16.9 Å². The number of pyridine rings is 1. The van der Waals surface area contributed by atoms with E-state index in [-0.39, 0.29) is 24.3 Å². The summed E-state index contributed by atoms with van der Waals surface area (Å²) in [5, 5.41) is 6.19. The van der Waals surface area contributed by atoms with Gasteiger partial charge in [-0.1, -0.05) is 30.3 Å². The first-order valence-corrected chi connectivity index (χ1v) is 12.5. The lowest BCUT2D eigenvalue weighted by atomic mass is 10.2. The molecule has 1 aliphatic heterocycles. The van der Waals surface area contributed by atoms with Crippen LogP contribution in [0.25, 0.3) is 17.0 Å². The minimum Gasteiger partial charge on any atom is -0.473 e. The van der Waals surface area contributed by atoms with Gasteiger partial charge in [-0.15, -0.1) is 11.8 Å². The quantitative estimate of drug-likeness (QED) is 0.432. The number of H-pyrrole nitrogens is 1. The highest BCUT2D eigenvalue weighted by atomic mass is 32.2. The zero-order valence-electron chi connectivity index (χ0n) is 20.4. The summed E-state index contributed by atoms with van der Waals surface area (Å²) in [7, 11) is 0. The van der Waals surface area contributed by atoms with Crippen molar-refractivity contribution in [3.8, 4) is 5.88 Å². The van der Waals surface area contributed by atoms with Crippen LogP contribution in [0.2, 0.25) is 0 Å². The van der Waals surface area contributed by atoms with Crippen molar-refractivity contribution in [2.24, 2.45) is 0 Å². The minimum absolute atomic E-state index is 0.141. The Labute approximate surface area is 213 Å². The third kappa shape index (κ3) is 5.88. The second-order valence-corrected chi connectivity index (χ2v) is 10.5. The Balaban J connectivity index is 1.38. The molecule has 0 saturated carbocycles. The maximum Gasteiger partial charge on any atom is 0.247 e. The molecule has 0 spiro atoms. The van der Waals surface area contributed by atoms with Crippen molar-refractivity contribution < 1.29 is 19.1 Å². The van der Waals surface area contributed by atoms with Crippen molar-refractivity contribution in [3.05, 3.63) is 66.1 Å². The number of carbonyl (C=O) groups excluding carboxylic acids is 3. The summed E-state index contributed by atoms with van der Waals surface area (Å²) in [6.07, 6.45) is 6.90. The lowest BCUT2D eigenvalue weighted by Gasteiger charge is -2.34. The summed E-state index contributed by atoms with van der Waals surface area (Å²) in [6, 6.07) is 11.1. The van der Waals surface area contributed by atoms with Gasteiger partial charge in [0.1, 0.15) is 12.6 Å². The smallest absolute Gasteiger partial charge is 0.247 e. The molecule has 36 heavy (non-hydrogen) atoms. The standard InChI is InChI=1S/C26H29N5O4S/c1-17(32)28-14-24(33)31-22(16-36-26(31,2)3)25(34)27-10-9-19-12-29-21-11-23(30-13-20(19)21)35-15-18-7-5-4-6-8-18/h4-13,22,29H,14-16H2,1-3H3,(H,27,34)(H,28,32)/b10-9+. The van der Waals surface area contributed by atoms with Crippen LogP contribution in [0.4, 0.5) is 0 Å². The fraction of sp³-hybridized carbons (Fsp3) is 0.308. The average molecular weight is 508 g/mol. The molecule has 4 rings (SSSR count).